The second-order valence-electron chi connectivity index (χ2n) is 5.78. The van der Waals surface area contributed by atoms with E-state index in [2.05, 4.69) is 4.98 Å². The Labute approximate surface area is 142 Å². The lowest BCUT2D eigenvalue weighted by molar-refractivity contribution is -0.139. The molecule has 0 aliphatic heterocycles. The molecule has 2 rings (SSSR count). The summed E-state index contributed by atoms with van der Waals surface area (Å²) in [6.07, 6.45) is 4.26. The van der Waals surface area contributed by atoms with Gasteiger partial charge in [0.15, 0.2) is 0 Å². The van der Waals surface area contributed by atoms with E-state index in [1.165, 1.54) is 6.92 Å². The smallest absolute Gasteiger partial charge is 0.241 e. The maximum Gasteiger partial charge on any atom is 0.241 e. The number of rotatable bonds is 7. The van der Waals surface area contributed by atoms with Gasteiger partial charge in [-0.3, -0.25) is 14.6 Å². The molecular formula is C19H23N3O2. The summed E-state index contributed by atoms with van der Waals surface area (Å²) in [7, 11) is 1.77. The maximum atomic E-state index is 12.4. The Balaban J connectivity index is 1.88. The standard InChI is InChI=1S/C19H23N3O2/c1-16(23)22(14-18-6-4-3-5-7-18)15-19(24)21(2)13-10-17-8-11-20-12-9-17/h3-9,11-12H,10,13-15H2,1-2H3. The lowest BCUT2D eigenvalue weighted by Gasteiger charge is -2.24. The van der Waals surface area contributed by atoms with Crippen molar-refractivity contribution < 1.29 is 9.59 Å². The topological polar surface area (TPSA) is 53.5 Å². The Morgan fingerprint density at radius 1 is 1.00 bits per heavy atom. The number of pyridine rings is 1. The van der Waals surface area contributed by atoms with E-state index in [1.807, 2.05) is 42.5 Å². The third kappa shape index (κ3) is 5.50. The van der Waals surface area contributed by atoms with Gasteiger partial charge in [0.2, 0.25) is 11.8 Å². The van der Waals surface area contributed by atoms with E-state index in [0.717, 1.165) is 17.5 Å². The molecule has 126 valence electrons. The van der Waals surface area contributed by atoms with E-state index < -0.39 is 0 Å². The van der Waals surface area contributed by atoms with Crippen molar-refractivity contribution in [3.05, 3.63) is 66.0 Å². The molecule has 0 radical (unpaired) electrons. The van der Waals surface area contributed by atoms with Gasteiger partial charge in [0.1, 0.15) is 6.54 Å². The van der Waals surface area contributed by atoms with Gasteiger partial charge in [0.05, 0.1) is 0 Å². The van der Waals surface area contributed by atoms with Crippen LogP contribution >= 0.6 is 0 Å². The second-order valence-corrected chi connectivity index (χ2v) is 5.78. The first kappa shape index (κ1) is 17.7. The molecule has 0 atom stereocenters. The summed E-state index contributed by atoms with van der Waals surface area (Å²) in [5.41, 5.74) is 2.15. The SMILES string of the molecule is CC(=O)N(CC(=O)N(C)CCc1ccncc1)Cc1ccccc1. The molecule has 1 heterocycles. The minimum absolute atomic E-state index is 0.0600. The lowest BCUT2D eigenvalue weighted by Crippen LogP contribution is -2.40. The molecule has 0 unspecified atom stereocenters. The first-order valence-electron chi connectivity index (χ1n) is 7.98. The largest absolute Gasteiger partial charge is 0.344 e. The van der Waals surface area contributed by atoms with Crippen molar-refractivity contribution in [3.8, 4) is 0 Å². The molecular weight excluding hydrogens is 302 g/mol. The Bertz CT molecular complexity index is 659. The van der Waals surface area contributed by atoms with Gasteiger partial charge in [-0.2, -0.15) is 0 Å². The molecule has 0 aliphatic carbocycles. The number of nitrogens with zero attached hydrogens (tertiary/aromatic N) is 3. The summed E-state index contributed by atoms with van der Waals surface area (Å²) < 4.78 is 0. The molecule has 24 heavy (non-hydrogen) atoms. The van der Waals surface area contributed by atoms with Gasteiger partial charge in [0.25, 0.3) is 0 Å². The highest BCUT2D eigenvalue weighted by Gasteiger charge is 2.17. The van der Waals surface area contributed by atoms with Crippen LogP contribution in [0.3, 0.4) is 0 Å². The summed E-state index contributed by atoms with van der Waals surface area (Å²) in [5, 5.41) is 0. The highest BCUT2D eigenvalue weighted by Crippen LogP contribution is 2.06. The molecule has 0 fully saturated rings. The molecule has 0 spiro atoms. The van der Waals surface area contributed by atoms with Crippen LogP contribution in [0.15, 0.2) is 54.9 Å². The monoisotopic (exact) mass is 325 g/mol. The number of carbonyl (C=O) groups is 2. The van der Waals surface area contributed by atoms with E-state index in [1.54, 1.807) is 29.2 Å². The predicted octanol–water partition coefficient (Wildman–Crippen LogP) is 2.13. The summed E-state index contributed by atoms with van der Waals surface area (Å²) in [6, 6.07) is 13.6. The molecule has 0 bridgehead atoms. The quantitative estimate of drug-likeness (QED) is 0.784. The minimum Gasteiger partial charge on any atom is -0.344 e. The molecule has 5 nitrogen and oxygen atoms in total. The van der Waals surface area contributed by atoms with Crippen LogP contribution in [0.1, 0.15) is 18.1 Å². The van der Waals surface area contributed by atoms with E-state index >= 15 is 0 Å². The van der Waals surface area contributed by atoms with Crippen LogP contribution in [-0.4, -0.2) is 46.7 Å². The minimum atomic E-state index is -0.102. The average Bonchev–Trinajstić information content (AvgIpc) is 2.60. The van der Waals surface area contributed by atoms with Gasteiger partial charge in [0, 0.05) is 39.5 Å². The molecule has 0 aliphatic rings. The summed E-state index contributed by atoms with van der Waals surface area (Å²) in [6.45, 7) is 2.64. The third-order valence-corrected chi connectivity index (χ3v) is 3.90. The molecule has 1 aromatic heterocycles. The van der Waals surface area contributed by atoms with Crippen LogP contribution in [0.2, 0.25) is 0 Å². The Morgan fingerprint density at radius 2 is 1.67 bits per heavy atom. The third-order valence-electron chi connectivity index (χ3n) is 3.90. The molecule has 5 heteroatoms. The lowest BCUT2D eigenvalue weighted by atomic mass is 10.2. The predicted molar refractivity (Wildman–Crippen MR) is 93.1 cm³/mol. The number of aromatic nitrogens is 1. The maximum absolute atomic E-state index is 12.4. The fourth-order valence-electron chi connectivity index (χ4n) is 2.34. The van der Waals surface area contributed by atoms with Gasteiger partial charge in [-0.25, -0.2) is 0 Å². The van der Waals surface area contributed by atoms with Crippen molar-refractivity contribution in [3.63, 3.8) is 0 Å². The van der Waals surface area contributed by atoms with E-state index in [-0.39, 0.29) is 18.4 Å². The number of hydrogen-bond acceptors (Lipinski definition) is 3. The molecule has 0 N–H and O–H groups in total. The number of hydrogen-bond donors (Lipinski definition) is 0. The zero-order valence-corrected chi connectivity index (χ0v) is 14.2. The van der Waals surface area contributed by atoms with Gasteiger partial charge in [-0.15, -0.1) is 0 Å². The van der Waals surface area contributed by atoms with Crippen LogP contribution in [0, 0.1) is 0 Å². The van der Waals surface area contributed by atoms with Crippen LogP contribution < -0.4 is 0 Å². The van der Waals surface area contributed by atoms with Crippen molar-refractivity contribution in [2.45, 2.75) is 19.9 Å². The number of carbonyl (C=O) groups excluding carboxylic acids is 2. The van der Waals surface area contributed by atoms with Gasteiger partial charge in [-0.1, -0.05) is 30.3 Å². The Hall–Kier alpha value is -2.69. The van der Waals surface area contributed by atoms with E-state index in [0.29, 0.717) is 13.1 Å². The fraction of sp³-hybridized carbons (Fsp3) is 0.316. The van der Waals surface area contributed by atoms with Crippen molar-refractivity contribution in [1.82, 2.24) is 14.8 Å². The van der Waals surface area contributed by atoms with Crippen LogP contribution in [0.4, 0.5) is 0 Å². The molecule has 0 saturated heterocycles. The van der Waals surface area contributed by atoms with Crippen LogP contribution in [0.25, 0.3) is 0 Å². The molecule has 0 saturated carbocycles. The van der Waals surface area contributed by atoms with Gasteiger partial charge >= 0.3 is 0 Å². The van der Waals surface area contributed by atoms with Crippen molar-refractivity contribution in [2.24, 2.45) is 0 Å². The Kier molecular flexibility index (Phi) is 6.49. The van der Waals surface area contributed by atoms with E-state index in [4.69, 9.17) is 0 Å². The molecule has 2 aromatic rings. The van der Waals surface area contributed by atoms with Crippen molar-refractivity contribution in [1.29, 1.82) is 0 Å². The van der Waals surface area contributed by atoms with Crippen molar-refractivity contribution >= 4 is 11.8 Å². The highest BCUT2D eigenvalue weighted by molar-refractivity contribution is 5.83. The van der Waals surface area contributed by atoms with Crippen LogP contribution in [-0.2, 0) is 22.6 Å². The van der Waals surface area contributed by atoms with Crippen LogP contribution in [0.5, 0.6) is 0 Å². The fourth-order valence-corrected chi connectivity index (χ4v) is 2.34. The van der Waals surface area contributed by atoms with Crippen molar-refractivity contribution in [2.75, 3.05) is 20.1 Å². The zero-order valence-electron chi connectivity index (χ0n) is 14.2. The number of amides is 2. The summed E-state index contributed by atoms with van der Waals surface area (Å²) in [5.74, 6) is -0.162. The Morgan fingerprint density at radius 3 is 2.29 bits per heavy atom. The highest BCUT2D eigenvalue weighted by atomic mass is 16.2. The first-order chi connectivity index (χ1) is 11.6. The number of benzene rings is 1. The molecule has 2 amide bonds. The number of likely N-dealkylation sites (N-methyl/N-ethyl adjacent to an activating group) is 1. The van der Waals surface area contributed by atoms with E-state index in [9.17, 15) is 9.59 Å². The first-order valence-corrected chi connectivity index (χ1v) is 7.98. The average molecular weight is 325 g/mol. The van der Waals surface area contributed by atoms with Gasteiger partial charge in [-0.05, 0) is 29.7 Å². The zero-order chi connectivity index (χ0) is 17.4. The normalized spacial score (nSPS) is 10.2. The summed E-state index contributed by atoms with van der Waals surface area (Å²) >= 11 is 0. The molecule has 1 aromatic carbocycles. The summed E-state index contributed by atoms with van der Waals surface area (Å²) in [4.78, 5) is 31.4. The van der Waals surface area contributed by atoms with Gasteiger partial charge < -0.3 is 9.80 Å². The second kappa shape index (κ2) is 8.82.